The van der Waals surface area contributed by atoms with E-state index in [1.807, 2.05) is 35.2 Å². The third kappa shape index (κ3) is 3.80. The highest BCUT2D eigenvalue weighted by Gasteiger charge is 2.20. The highest BCUT2D eigenvalue weighted by atomic mass is 16.2. The van der Waals surface area contributed by atoms with Crippen LogP contribution >= 0.6 is 0 Å². The van der Waals surface area contributed by atoms with Gasteiger partial charge in [-0.1, -0.05) is 37.3 Å². The van der Waals surface area contributed by atoms with Gasteiger partial charge in [0, 0.05) is 24.2 Å². The molecular formula is C23H25N3O. The van der Waals surface area contributed by atoms with Crippen molar-refractivity contribution < 1.29 is 4.79 Å². The summed E-state index contributed by atoms with van der Waals surface area (Å²) >= 11 is 0. The molecule has 0 saturated carbocycles. The Hall–Kier alpha value is -2.88. The van der Waals surface area contributed by atoms with Crippen LogP contribution in [-0.4, -0.2) is 28.9 Å². The zero-order chi connectivity index (χ0) is 18.6. The van der Waals surface area contributed by atoms with Crippen molar-refractivity contribution in [2.24, 2.45) is 0 Å². The third-order valence-corrected chi connectivity index (χ3v) is 5.22. The second kappa shape index (κ2) is 7.78. The van der Waals surface area contributed by atoms with Gasteiger partial charge in [0.1, 0.15) is 5.69 Å². The summed E-state index contributed by atoms with van der Waals surface area (Å²) in [6, 6.07) is 18.3. The maximum atomic E-state index is 13.0. The molecule has 0 unspecified atom stereocenters. The minimum Gasteiger partial charge on any atom is -0.355 e. The Labute approximate surface area is 160 Å². The van der Waals surface area contributed by atoms with Gasteiger partial charge in [-0.2, -0.15) is 0 Å². The van der Waals surface area contributed by atoms with Crippen molar-refractivity contribution >= 4 is 28.2 Å². The monoisotopic (exact) mass is 359 g/mol. The molecule has 1 aliphatic rings. The third-order valence-electron chi connectivity index (χ3n) is 5.22. The zero-order valence-corrected chi connectivity index (χ0v) is 15.7. The Morgan fingerprint density at radius 1 is 1.04 bits per heavy atom. The van der Waals surface area contributed by atoms with Crippen LogP contribution < -0.4 is 5.32 Å². The van der Waals surface area contributed by atoms with Crippen molar-refractivity contribution in [2.75, 3.05) is 18.4 Å². The van der Waals surface area contributed by atoms with Gasteiger partial charge >= 0.3 is 0 Å². The van der Waals surface area contributed by atoms with Gasteiger partial charge in [-0.05, 0) is 55.5 Å². The Bertz CT molecular complexity index is 943. The number of anilines is 2. The van der Waals surface area contributed by atoms with Crippen molar-refractivity contribution in [2.45, 2.75) is 32.6 Å². The molecule has 138 valence electrons. The lowest BCUT2D eigenvalue weighted by atomic mass is 10.1. The van der Waals surface area contributed by atoms with Crippen molar-refractivity contribution in [3.05, 3.63) is 65.9 Å². The molecule has 1 N–H and O–H groups in total. The summed E-state index contributed by atoms with van der Waals surface area (Å²) in [4.78, 5) is 19.5. The van der Waals surface area contributed by atoms with E-state index in [1.165, 1.54) is 12.0 Å². The number of benzene rings is 2. The maximum Gasteiger partial charge on any atom is 0.272 e. The number of carbonyl (C=O) groups is 1. The maximum absolute atomic E-state index is 13.0. The van der Waals surface area contributed by atoms with Crippen molar-refractivity contribution in [1.82, 2.24) is 9.88 Å². The largest absolute Gasteiger partial charge is 0.355 e. The summed E-state index contributed by atoms with van der Waals surface area (Å²) in [7, 11) is 0. The lowest BCUT2D eigenvalue weighted by molar-refractivity contribution is 0.0719. The number of hydrogen-bond acceptors (Lipinski definition) is 3. The highest BCUT2D eigenvalue weighted by Crippen LogP contribution is 2.27. The molecule has 27 heavy (non-hydrogen) atoms. The minimum absolute atomic E-state index is 0.0323. The summed E-state index contributed by atoms with van der Waals surface area (Å²) in [6.45, 7) is 3.81. The van der Waals surface area contributed by atoms with Crippen LogP contribution in [0.2, 0.25) is 0 Å². The van der Waals surface area contributed by atoms with Crippen LogP contribution in [0.1, 0.15) is 42.2 Å². The average Bonchev–Trinajstić information content (AvgIpc) is 2.74. The van der Waals surface area contributed by atoms with E-state index in [0.717, 1.165) is 54.6 Å². The standard InChI is InChI=1S/C23H25N3O/c1-2-17-10-12-18(13-11-17)24-21-16-22(23(27)26-14-6-3-7-15-26)25-20-9-5-4-8-19(20)21/h4-5,8-13,16H,2-3,6-7,14-15H2,1H3,(H,24,25). The molecular weight excluding hydrogens is 334 g/mol. The SMILES string of the molecule is CCc1ccc(Nc2cc(C(=O)N3CCCCC3)nc3ccccc23)cc1. The molecule has 2 heterocycles. The Balaban J connectivity index is 1.70. The first-order valence-corrected chi connectivity index (χ1v) is 9.79. The van der Waals surface area contributed by atoms with Gasteiger partial charge in [0.2, 0.25) is 0 Å². The average molecular weight is 359 g/mol. The summed E-state index contributed by atoms with van der Waals surface area (Å²) in [5.41, 5.74) is 4.60. The molecule has 1 fully saturated rings. The van der Waals surface area contributed by atoms with Gasteiger partial charge < -0.3 is 10.2 Å². The van der Waals surface area contributed by atoms with Crippen LogP contribution in [-0.2, 0) is 6.42 Å². The number of amides is 1. The van der Waals surface area contributed by atoms with E-state index < -0.39 is 0 Å². The van der Waals surface area contributed by atoms with E-state index in [4.69, 9.17) is 0 Å². The van der Waals surface area contributed by atoms with E-state index in [-0.39, 0.29) is 5.91 Å². The van der Waals surface area contributed by atoms with Crippen LogP contribution in [0.4, 0.5) is 11.4 Å². The molecule has 0 spiro atoms. The molecule has 0 bridgehead atoms. The predicted molar refractivity (Wildman–Crippen MR) is 111 cm³/mol. The number of carbonyl (C=O) groups excluding carboxylic acids is 1. The van der Waals surface area contributed by atoms with Gasteiger partial charge in [-0.25, -0.2) is 4.98 Å². The number of likely N-dealkylation sites (tertiary alicyclic amines) is 1. The highest BCUT2D eigenvalue weighted by molar-refractivity contribution is 6.00. The van der Waals surface area contributed by atoms with Gasteiger partial charge in [0.05, 0.1) is 11.2 Å². The zero-order valence-electron chi connectivity index (χ0n) is 15.7. The summed E-state index contributed by atoms with van der Waals surface area (Å²) < 4.78 is 0. The summed E-state index contributed by atoms with van der Waals surface area (Å²) in [5.74, 6) is 0.0323. The minimum atomic E-state index is 0.0323. The fourth-order valence-corrected chi connectivity index (χ4v) is 3.63. The first-order valence-electron chi connectivity index (χ1n) is 9.79. The van der Waals surface area contributed by atoms with Crippen molar-refractivity contribution in [3.8, 4) is 0 Å². The van der Waals surface area contributed by atoms with Crippen LogP contribution in [0.25, 0.3) is 10.9 Å². The quantitative estimate of drug-likeness (QED) is 0.699. The normalized spacial score (nSPS) is 14.3. The Kier molecular flexibility index (Phi) is 5.05. The first-order chi connectivity index (χ1) is 13.2. The predicted octanol–water partition coefficient (Wildman–Crippen LogP) is 5.17. The summed E-state index contributed by atoms with van der Waals surface area (Å²) in [5, 5.41) is 4.51. The van der Waals surface area contributed by atoms with E-state index in [0.29, 0.717) is 5.69 Å². The number of piperidine rings is 1. The lowest BCUT2D eigenvalue weighted by Gasteiger charge is -2.26. The van der Waals surface area contributed by atoms with Gasteiger partial charge in [-0.15, -0.1) is 0 Å². The topological polar surface area (TPSA) is 45.2 Å². The number of pyridine rings is 1. The fourth-order valence-electron chi connectivity index (χ4n) is 3.63. The first kappa shape index (κ1) is 17.5. The molecule has 4 rings (SSSR count). The molecule has 2 aromatic carbocycles. The van der Waals surface area contributed by atoms with Crippen LogP contribution in [0.15, 0.2) is 54.6 Å². The Morgan fingerprint density at radius 2 is 1.78 bits per heavy atom. The van der Waals surface area contributed by atoms with Crippen molar-refractivity contribution in [1.29, 1.82) is 0 Å². The molecule has 3 aromatic rings. The molecule has 4 nitrogen and oxygen atoms in total. The number of para-hydroxylation sites is 1. The van der Waals surface area contributed by atoms with E-state index in [9.17, 15) is 4.79 Å². The number of nitrogens with one attached hydrogen (secondary N) is 1. The van der Waals surface area contributed by atoms with Gasteiger partial charge in [0.15, 0.2) is 0 Å². The number of hydrogen-bond donors (Lipinski definition) is 1. The van der Waals surface area contributed by atoms with Crippen LogP contribution in [0, 0.1) is 0 Å². The van der Waals surface area contributed by atoms with Crippen molar-refractivity contribution in [3.63, 3.8) is 0 Å². The molecule has 1 aliphatic heterocycles. The molecule has 4 heteroatoms. The molecule has 1 aromatic heterocycles. The van der Waals surface area contributed by atoms with E-state index >= 15 is 0 Å². The molecule has 0 atom stereocenters. The molecule has 0 radical (unpaired) electrons. The van der Waals surface area contributed by atoms with Gasteiger partial charge in [-0.3, -0.25) is 4.79 Å². The number of nitrogens with zero attached hydrogens (tertiary/aromatic N) is 2. The van der Waals surface area contributed by atoms with E-state index in [2.05, 4.69) is 41.5 Å². The molecule has 1 saturated heterocycles. The second-order valence-electron chi connectivity index (χ2n) is 7.10. The smallest absolute Gasteiger partial charge is 0.272 e. The number of aromatic nitrogens is 1. The molecule has 0 aliphatic carbocycles. The number of aryl methyl sites for hydroxylation is 1. The van der Waals surface area contributed by atoms with E-state index in [1.54, 1.807) is 0 Å². The fraction of sp³-hybridized carbons (Fsp3) is 0.304. The summed E-state index contributed by atoms with van der Waals surface area (Å²) in [6.07, 6.45) is 4.38. The number of rotatable bonds is 4. The number of fused-ring (bicyclic) bond motifs is 1. The molecule has 1 amide bonds. The van der Waals surface area contributed by atoms with Crippen LogP contribution in [0.3, 0.4) is 0 Å². The Morgan fingerprint density at radius 3 is 2.52 bits per heavy atom. The lowest BCUT2D eigenvalue weighted by Crippen LogP contribution is -2.36. The second-order valence-corrected chi connectivity index (χ2v) is 7.10. The van der Waals surface area contributed by atoms with Gasteiger partial charge in [0.25, 0.3) is 5.91 Å². The van der Waals surface area contributed by atoms with Crippen LogP contribution in [0.5, 0.6) is 0 Å².